The van der Waals surface area contributed by atoms with E-state index in [1.807, 2.05) is 0 Å². The fourth-order valence-electron chi connectivity index (χ4n) is 2.05. The summed E-state index contributed by atoms with van der Waals surface area (Å²) in [7, 11) is 0. The van der Waals surface area contributed by atoms with Crippen molar-refractivity contribution in [2.45, 2.75) is 6.54 Å². The highest BCUT2D eigenvalue weighted by molar-refractivity contribution is 9.10. The van der Waals surface area contributed by atoms with Crippen LogP contribution in [0.5, 0.6) is 0 Å². The molecular formula is C15H12BrN5O3. The normalized spacial score (nSPS) is 10.5. The molecule has 8 nitrogen and oxygen atoms in total. The summed E-state index contributed by atoms with van der Waals surface area (Å²) in [6, 6.07) is 11.7. The molecule has 0 saturated carbocycles. The second-order valence-electron chi connectivity index (χ2n) is 4.88. The van der Waals surface area contributed by atoms with Gasteiger partial charge >= 0.3 is 5.69 Å². The van der Waals surface area contributed by atoms with Crippen molar-refractivity contribution >= 4 is 33.4 Å². The number of pyridine rings is 1. The smallest absolute Gasteiger partial charge is 0.271 e. The standard InChI is InChI=1S/C15H12BrN5O3/c16-11-6-4-10(5-7-11)14(23)18-17-13(22)9-21-15(24)20-8-2-1-3-12(20)19-21/h1-8H,9H2,(H,17,22)(H,18,23). The topological polar surface area (TPSA) is 97.5 Å². The van der Waals surface area contributed by atoms with E-state index in [0.29, 0.717) is 11.2 Å². The van der Waals surface area contributed by atoms with Crippen LogP contribution in [0.1, 0.15) is 10.4 Å². The van der Waals surface area contributed by atoms with Crippen LogP contribution in [-0.2, 0) is 11.3 Å². The predicted octanol–water partition coefficient (Wildman–Crippen LogP) is 0.720. The van der Waals surface area contributed by atoms with Crippen LogP contribution in [-0.4, -0.2) is 26.0 Å². The first-order valence-electron chi connectivity index (χ1n) is 6.93. The number of nitrogens with zero attached hydrogens (tertiary/aromatic N) is 3. The van der Waals surface area contributed by atoms with Gasteiger partial charge in [-0.25, -0.2) is 9.48 Å². The number of amides is 2. The van der Waals surface area contributed by atoms with Crippen molar-refractivity contribution in [2.24, 2.45) is 0 Å². The van der Waals surface area contributed by atoms with Crippen molar-refractivity contribution < 1.29 is 9.59 Å². The molecule has 2 aromatic heterocycles. The Bertz CT molecular complexity index is 961. The fourth-order valence-corrected chi connectivity index (χ4v) is 2.31. The van der Waals surface area contributed by atoms with Crippen LogP contribution in [0.15, 0.2) is 57.9 Å². The Balaban J connectivity index is 1.63. The first kappa shape index (κ1) is 15.9. The maximum atomic E-state index is 12.0. The minimum absolute atomic E-state index is 0.304. The van der Waals surface area contributed by atoms with Crippen molar-refractivity contribution in [3.05, 3.63) is 69.2 Å². The molecule has 122 valence electrons. The van der Waals surface area contributed by atoms with E-state index in [0.717, 1.165) is 9.15 Å². The molecule has 0 aliphatic heterocycles. The van der Waals surface area contributed by atoms with Gasteiger partial charge in [-0.05, 0) is 36.4 Å². The van der Waals surface area contributed by atoms with Gasteiger partial charge in [0.2, 0.25) is 0 Å². The monoisotopic (exact) mass is 389 g/mol. The first-order chi connectivity index (χ1) is 11.5. The molecule has 2 N–H and O–H groups in total. The van der Waals surface area contributed by atoms with Gasteiger partial charge in [0.15, 0.2) is 5.65 Å². The zero-order valence-corrected chi connectivity index (χ0v) is 13.9. The maximum absolute atomic E-state index is 12.0. The number of hydrogen-bond donors (Lipinski definition) is 2. The Morgan fingerprint density at radius 1 is 1.08 bits per heavy atom. The van der Waals surface area contributed by atoms with Crippen LogP contribution < -0.4 is 16.5 Å². The molecule has 0 atom stereocenters. The molecule has 0 fully saturated rings. The van der Waals surface area contributed by atoms with E-state index in [4.69, 9.17) is 0 Å². The number of carbonyl (C=O) groups excluding carboxylic acids is 2. The van der Waals surface area contributed by atoms with Crippen molar-refractivity contribution in [3.8, 4) is 0 Å². The van der Waals surface area contributed by atoms with Gasteiger partial charge in [0.1, 0.15) is 6.54 Å². The second kappa shape index (κ2) is 6.67. The lowest BCUT2D eigenvalue weighted by Gasteiger charge is -2.07. The van der Waals surface area contributed by atoms with Gasteiger partial charge in [-0.2, -0.15) is 0 Å². The first-order valence-corrected chi connectivity index (χ1v) is 7.73. The predicted molar refractivity (Wildman–Crippen MR) is 89.2 cm³/mol. The average Bonchev–Trinajstić information content (AvgIpc) is 2.89. The number of fused-ring (bicyclic) bond motifs is 1. The maximum Gasteiger partial charge on any atom is 0.350 e. The summed E-state index contributed by atoms with van der Waals surface area (Å²) in [5, 5.41) is 4.04. The highest BCUT2D eigenvalue weighted by Gasteiger charge is 2.11. The third-order valence-corrected chi connectivity index (χ3v) is 3.73. The quantitative estimate of drug-likeness (QED) is 0.644. The number of benzene rings is 1. The van der Waals surface area contributed by atoms with E-state index in [1.165, 1.54) is 4.40 Å². The van der Waals surface area contributed by atoms with Gasteiger partial charge in [0, 0.05) is 16.2 Å². The molecule has 0 saturated heterocycles. The number of nitrogens with one attached hydrogen (secondary N) is 2. The average molecular weight is 390 g/mol. The lowest BCUT2D eigenvalue weighted by molar-refractivity contribution is -0.122. The Hall–Kier alpha value is -2.94. The van der Waals surface area contributed by atoms with Crippen LogP contribution in [0, 0.1) is 0 Å². The molecule has 0 bridgehead atoms. The van der Waals surface area contributed by atoms with Crippen molar-refractivity contribution in [1.82, 2.24) is 25.0 Å². The molecular weight excluding hydrogens is 378 g/mol. The number of rotatable bonds is 3. The number of aromatic nitrogens is 3. The van der Waals surface area contributed by atoms with Gasteiger partial charge in [-0.15, -0.1) is 5.10 Å². The summed E-state index contributed by atoms with van der Waals surface area (Å²) >= 11 is 3.27. The van der Waals surface area contributed by atoms with Crippen LogP contribution >= 0.6 is 15.9 Å². The van der Waals surface area contributed by atoms with Crippen molar-refractivity contribution in [2.75, 3.05) is 0 Å². The van der Waals surface area contributed by atoms with Gasteiger partial charge in [0.25, 0.3) is 11.8 Å². The molecule has 0 unspecified atom stereocenters. The molecule has 0 aliphatic rings. The Labute approximate surface area is 144 Å². The van der Waals surface area contributed by atoms with Crippen LogP contribution in [0.2, 0.25) is 0 Å². The Morgan fingerprint density at radius 2 is 1.83 bits per heavy atom. The molecule has 3 rings (SSSR count). The van der Waals surface area contributed by atoms with E-state index >= 15 is 0 Å². The largest absolute Gasteiger partial charge is 0.350 e. The van der Waals surface area contributed by atoms with E-state index < -0.39 is 17.5 Å². The third kappa shape index (κ3) is 3.35. The Kier molecular flexibility index (Phi) is 4.43. The van der Waals surface area contributed by atoms with Crippen LogP contribution in [0.25, 0.3) is 5.65 Å². The molecule has 2 heterocycles. The number of carbonyl (C=O) groups is 2. The lowest BCUT2D eigenvalue weighted by Crippen LogP contribution is -2.44. The number of halogens is 1. The minimum atomic E-state index is -0.564. The van der Waals surface area contributed by atoms with E-state index in [-0.39, 0.29) is 6.54 Å². The molecule has 0 aliphatic carbocycles. The zero-order valence-electron chi connectivity index (χ0n) is 12.3. The second-order valence-corrected chi connectivity index (χ2v) is 5.79. The zero-order chi connectivity index (χ0) is 17.1. The number of hydrogen-bond acceptors (Lipinski definition) is 4. The molecule has 0 spiro atoms. The summed E-state index contributed by atoms with van der Waals surface area (Å²) in [5.74, 6) is -1.02. The minimum Gasteiger partial charge on any atom is -0.271 e. The molecule has 1 aromatic carbocycles. The van der Waals surface area contributed by atoms with Gasteiger partial charge in [-0.3, -0.25) is 24.8 Å². The van der Waals surface area contributed by atoms with Gasteiger partial charge < -0.3 is 0 Å². The van der Waals surface area contributed by atoms with Gasteiger partial charge in [-0.1, -0.05) is 22.0 Å². The van der Waals surface area contributed by atoms with Crippen molar-refractivity contribution in [1.29, 1.82) is 0 Å². The number of hydrazine groups is 1. The van der Waals surface area contributed by atoms with Crippen LogP contribution in [0.4, 0.5) is 0 Å². The molecule has 2 amide bonds. The highest BCUT2D eigenvalue weighted by atomic mass is 79.9. The summed E-state index contributed by atoms with van der Waals surface area (Å²) in [5.41, 5.74) is 4.94. The Morgan fingerprint density at radius 3 is 2.54 bits per heavy atom. The summed E-state index contributed by atoms with van der Waals surface area (Å²) < 4.78 is 3.19. The molecule has 9 heteroatoms. The highest BCUT2D eigenvalue weighted by Crippen LogP contribution is 2.10. The third-order valence-electron chi connectivity index (χ3n) is 3.20. The van der Waals surface area contributed by atoms with E-state index in [9.17, 15) is 14.4 Å². The fraction of sp³-hybridized carbons (Fsp3) is 0.0667. The SMILES string of the molecule is O=C(Cn1nc2ccccn2c1=O)NNC(=O)c1ccc(Br)cc1. The van der Waals surface area contributed by atoms with Gasteiger partial charge in [0.05, 0.1) is 0 Å². The summed E-state index contributed by atoms with van der Waals surface area (Å²) in [6.45, 7) is -0.304. The van der Waals surface area contributed by atoms with Crippen LogP contribution in [0.3, 0.4) is 0 Å². The summed E-state index contributed by atoms with van der Waals surface area (Å²) in [6.07, 6.45) is 1.56. The lowest BCUT2D eigenvalue weighted by atomic mass is 10.2. The molecule has 0 radical (unpaired) electrons. The van der Waals surface area contributed by atoms with E-state index in [1.54, 1.807) is 48.7 Å². The van der Waals surface area contributed by atoms with Crippen molar-refractivity contribution in [3.63, 3.8) is 0 Å². The molecule has 24 heavy (non-hydrogen) atoms. The van der Waals surface area contributed by atoms with E-state index in [2.05, 4.69) is 31.9 Å². The summed E-state index contributed by atoms with van der Waals surface area (Å²) in [4.78, 5) is 35.8. The molecule has 3 aromatic rings.